The van der Waals surface area contributed by atoms with Crippen LogP contribution in [0, 0.1) is 6.92 Å². The van der Waals surface area contributed by atoms with Gasteiger partial charge in [-0.2, -0.15) is 5.10 Å². The Morgan fingerprint density at radius 1 is 1.61 bits per heavy atom. The minimum absolute atomic E-state index is 0.169. The number of rotatable bonds is 4. The first kappa shape index (κ1) is 13.6. The lowest BCUT2D eigenvalue weighted by atomic mass is 10.1. The molecule has 1 atom stereocenters. The summed E-state index contributed by atoms with van der Waals surface area (Å²) >= 11 is 9.60. The van der Waals surface area contributed by atoms with Gasteiger partial charge in [-0.25, -0.2) is 0 Å². The lowest BCUT2D eigenvalue weighted by Gasteiger charge is -2.12. The molecule has 2 rings (SSSR count). The van der Waals surface area contributed by atoms with Crippen molar-refractivity contribution in [3.05, 3.63) is 39.0 Å². The van der Waals surface area contributed by atoms with Gasteiger partial charge in [-0.1, -0.05) is 11.6 Å². The van der Waals surface area contributed by atoms with E-state index in [1.165, 1.54) is 0 Å². The number of hydrogen-bond donors (Lipinski definition) is 1. The number of aryl methyl sites for hydroxylation is 2. The fraction of sp³-hybridized carbons (Fsp3) is 0.417. The molecule has 1 unspecified atom stereocenters. The topological polar surface area (TPSA) is 57.0 Å². The predicted octanol–water partition coefficient (Wildman–Crippen LogP) is 3.46. The lowest BCUT2D eigenvalue weighted by molar-refractivity contribution is 0.527. The SMILES string of the molecule is CCn1nc(C)c(Cl)c1CC(N)c1ccoc1Br. The van der Waals surface area contributed by atoms with Crippen LogP contribution in [-0.2, 0) is 13.0 Å². The summed E-state index contributed by atoms with van der Waals surface area (Å²) in [4.78, 5) is 0. The number of nitrogens with zero attached hydrogens (tertiary/aromatic N) is 2. The molecule has 0 radical (unpaired) electrons. The molecule has 18 heavy (non-hydrogen) atoms. The zero-order chi connectivity index (χ0) is 13.3. The van der Waals surface area contributed by atoms with E-state index in [0.29, 0.717) is 16.1 Å². The highest BCUT2D eigenvalue weighted by molar-refractivity contribution is 9.10. The van der Waals surface area contributed by atoms with Crippen LogP contribution in [0.1, 0.15) is 29.9 Å². The zero-order valence-corrected chi connectivity index (χ0v) is 12.6. The van der Waals surface area contributed by atoms with Crippen LogP contribution in [-0.4, -0.2) is 9.78 Å². The Labute approximate surface area is 119 Å². The smallest absolute Gasteiger partial charge is 0.173 e. The molecule has 0 saturated heterocycles. The molecule has 0 aromatic carbocycles. The van der Waals surface area contributed by atoms with Crippen LogP contribution in [0.15, 0.2) is 21.4 Å². The lowest BCUT2D eigenvalue weighted by Crippen LogP contribution is -2.16. The van der Waals surface area contributed by atoms with Gasteiger partial charge < -0.3 is 10.2 Å². The fourth-order valence-corrected chi connectivity index (χ4v) is 2.70. The van der Waals surface area contributed by atoms with Gasteiger partial charge in [0, 0.05) is 24.6 Å². The van der Waals surface area contributed by atoms with Gasteiger partial charge in [0.05, 0.1) is 22.7 Å². The molecule has 0 amide bonds. The predicted molar refractivity (Wildman–Crippen MR) is 74.7 cm³/mol. The summed E-state index contributed by atoms with van der Waals surface area (Å²) in [6.07, 6.45) is 2.24. The molecule has 0 saturated carbocycles. The van der Waals surface area contributed by atoms with Crippen LogP contribution in [0.5, 0.6) is 0 Å². The van der Waals surface area contributed by atoms with E-state index >= 15 is 0 Å². The molecule has 2 aromatic heterocycles. The zero-order valence-electron chi connectivity index (χ0n) is 10.3. The van der Waals surface area contributed by atoms with Crippen LogP contribution >= 0.6 is 27.5 Å². The van der Waals surface area contributed by atoms with E-state index in [1.54, 1.807) is 6.26 Å². The van der Waals surface area contributed by atoms with Gasteiger partial charge in [-0.15, -0.1) is 0 Å². The Morgan fingerprint density at radius 3 is 2.89 bits per heavy atom. The first-order valence-electron chi connectivity index (χ1n) is 5.74. The van der Waals surface area contributed by atoms with Crippen LogP contribution in [0.3, 0.4) is 0 Å². The van der Waals surface area contributed by atoms with Gasteiger partial charge in [0.2, 0.25) is 0 Å². The number of nitrogens with two attached hydrogens (primary N) is 1. The first-order valence-corrected chi connectivity index (χ1v) is 6.92. The van der Waals surface area contributed by atoms with Crippen LogP contribution in [0.4, 0.5) is 0 Å². The van der Waals surface area contributed by atoms with Crippen molar-refractivity contribution in [3.8, 4) is 0 Å². The minimum Gasteiger partial charge on any atom is -0.457 e. The van der Waals surface area contributed by atoms with Gasteiger partial charge in [-0.3, -0.25) is 4.68 Å². The molecular formula is C12H15BrClN3O. The third-order valence-electron chi connectivity index (χ3n) is 2.91. The van der Waals surface area contributed by atoms with Crippen molar-refractivity contribution in [1.29, 1.82) is 0 Å². The van der Waals surface area contributed by atoms with Crippen LogP contribution in [0.25, 0.3) is 0 Å². The van der Waals surface area contributed by atoms with Crippen molar-refractivity contribution in [1.82, 2.24) is 9.78 Å². The maximum Gasteiger partial charge on any atom is 0.173 e. The van der Waals surface area contributed by atoms with Crippen molar-refractivity contribution >= 4 is 27.5 Å². The maximum absolute atomic E-state index is 6.26. The van der Waals surface area contributed by atoms with Gasteiger partial charge in [0.25, 0.3) is 0 Å². The van der Waals surface area contributed by atoms with Crippen molar-refractivity contribution in [2.45, 2.75) is 32.9 Å². The summed E-state index contributed by atoms with van der Waals surface area (Å²) < 4.78 is 7.76. The fourth-order valence-electron chi connectivity index (χ4n) is 1.95. The normalized spacial score (nSPS) is 12.9. The molecule has 6 heteroatoms. The molecule has 0 aliphatic heterocycles. The summed E-state index contributed by atoms with van der Waals surface area (Å²) in [6.45, 7) is 4.71. The van der Waals surface area contributed by atoms with Crippen molar-refractivity contribution in [2.75, 3.05) is 0 Å². The molecule has 4 nitrogen and oxygen atoms in total. The van der Waals surface area contributed by atoms with E-state index in [0.717, 1.165) is 23.5 Å². The average molecular weight is 333 g/mol. The quantitative estimate of drug-likeness (QED) is 0.932. The molecule has 0 aliphatic carbocycles. The highest BCUT2D eigenvalue weighted by atomic mass is 79.9. The van der Waals surface area contributed by atoms with Crippen LogP contribution < -0.4 is 5.73 Å². The molecule has 0 spiro atoms. The Bertz CT molecular complexity index is 550. The third kappa shape index (κ3) is 2.48. The Kier molecular flexibility index (Phi) is 4.14. The second kappa shape index (κ2) is 5.47. The van der Waals surface area contributed by atoms with Gasteiger partial charge in [0.15, 0.2) is 4.67 Å². The summed E-state index contributed by atoms with van der Waals surface area (Å²) in [7, 11) is 0. The van der Waals surface area contributed by atoms with Crippen molar-refractivity contribution < 1.29 is 4.42 Å². The monoisotopic (exact) mass is 331 g/mol. The van der Waals surface area contributed by atoms with E-state index in [-0.39, 0.29) is 6.04 Å². The highest BCUT2D eigenvalue weighted by Gasteiger charge is 2.19. The van der Waals surface area contributed by atoms with Crippen molar-refractivity contribution in [2.24, 2.45) is 5.73 Å². The van der Waals surface area contributed by atoms with Gasteiger partial charge in [-0.05, 0) is 35.8 Å². The summed E-state index contributed by atoms with van der Waals surface area (Å²) in [5.41, 5.74) is 8.93. The Morgan fingerprint density at radius 2 is 2.33 bits per heavy atom. The number of hydrogen-bond acceptors (Lipinski definition) is 3. The van der Waals surface area contributed by atoms with E-state index < -0.39 is 0 Å². The molecule has 0 aliphatic rings. The number of halogens is 2. The molecule has 0 fully saturated rings. The Hall–Kier alpha value is -0.780. The molecular weight excluding hydrogens is 318 g/mol. The first-order chi connectivity index (χ1) is 8.54. The molecule has 2 heterocycles. The van der Waals surface area contributed by atoms with E-state index in [9.17, 15) is 0 Å². The largest absolute Gasteiger partial charge is 0.457 e. The maximum atomic E-state index is 6.26. The summed E-state index contributed by atoms with van der Waals surface area (Å²) in [5.74, 6) is 0. The second-order valence-corrected chi connectivity index (χ2v) is 5.22. The third-order valence-corrected chi connectivity index (χ3v) is 4.05. The highest BCUT2D eigenvalue weighted by Crippen LogP contribution is 2.29. The molecule has 2 N–H and O–H groups in total. The molecule has 98 valence electrons. The van der Waals surface area contributed by atoms with Crippen LogP contribution in [0.2, 0.25) is 5.02 Å². The average Bonchev–Trinajstić information content (AvgIpc) is 2.87. The number of furan rings is 1. The van der Waals surface area contributed by atoms with E-state index in [4.69, 9.17) is 21.8 Å². The summed E-state index contributed by atoms with van der Waals surface area (Å²) in [5, 5.41) is 5.08. The molecule has 2 aromatic rings. The van der Waals surface area contributed by atoms with E-state index in [1.807, 2.05) is 24.6 Å². The standard InChI is InChI=1S/C12H15BrClN3O/c1-3-17-10(11(14)7(2)16-17)6-9(15)8-4-5-18-12(8)13/h4-5,9H,3,6,15H2,1-2H3. The van der Waals surface area contributed by atoms with Gasteiger partial charge in [0.1, 0.15) is 0 Å². The van der Waals surface area contributed by atoms with Crippen molar-refractivity contribution in [3.63, 3.8) is 0 Å². The second-order valence-electron chi connectivity index (χ2n) is 4.12. The van der Waals surface area contributed by atoms with E-state index in [2.05, 4.69) is 21.0 Å². The number of aromatic nitrogens is 2. The Balaban J connectivity index is 2.27. The van der Waals surface area contributed by atoms with Gasteiger partial charge >= 0.3 is 0 Å². The molecule has 0 bridgehead atoms. The summed E-state index contributed by atoms with van der Waals surface area (Å²) in [6, 6.07) is 1.69. The minimum atomic E-state index is -0.169.